The number of benzene rings is 1. The van der Waals surface area contributed by atoms with Gasteiger partial charge < -0.3 is 14.8 Å². The lowest BCUT2D eigenvalue weighted by Gasteiger charge is -2.31. The summed E-state index contributed by atoms with van der Waals surface area (Å²) in [5, 5.41) is 13.0. The molecule has 3 N–H and O–H groups in total. The zero-order valence-electron chi connectivity index (χ0n) is 17.0. The van der Waals surface area contributed by atoms with Gasteiger partial charge in [-0.15, -0.1) is 4.36 Å². The maximum Gasteiger partial charge on any atom is 0.354 e. The first kappa shape index (κ1) is 19.5. The smallest absolute Gasteiger partial charge is 0.354 e. The largest absolute Gasteiger partial charge is 0.469 e. The Bertz CT molecular complexity index is 1160. The molecule has 3 aliphatic rings. The number of carbonyl (C=O) groups is 1. The van der Waals surface area contributed by atoms with E-state index in [4.69, 9.17) is 14.6 Å². The highest BCUT2D eigenvalue weighted by Crippen LogP contribution is 2.45. The van der Waals surface area contributed by atoms with E-state index in [1.807, 2.05) is 0 Å². The summed E-state index contributed by atoms with van der Waals surface area (Å²) in [7, 11) is -1.94. The molecule has 0 spiro atoms. The van der Waals surface area contributed by atoms with Gasteiger partial charge in [0.25, 0.3) is 0 Å². The van der Waals surface area contributed by atoms with Crippen LogP contribution in [-0.4, -0.2) is 39.8 Å². The number of aryl methyl sites for hydroxylation is 1. The lowest BCUT2D eigenvalue weighted by atomic mass is 9.75. The summed E-state index contributed by atoms with van der Waals surface area (Å²) in [6, 6.07) is 1.55. The van der Waals surface area contributed by atoms with E-state index in [1.54, 1.807) is 11.8 Å². The fourth-order valence-corrected chi connectivity index (χ4v) is 5.76. The first-order valence-corrected chi connectivity index (χ1v) is 11.7. The van der Waals surface area contributed by atoms with E-state index in [0.717, 1.165) is 31.4 Å². The van der Waals surface area contributed by atoms with Gasteiger partial charge in [-0.2, -0.15) is 5.10 Å². The van der Waals surface area contributed by atoms with Crippen LogP contribution in [-0.2, 0) is 40.5 Å². The predicted molar refractivity (Wildman–Crippen MR) is 111 cm³/mol. The molecule has 0 bridgehead atoms. The van der Waals surface area contributed by atoms with Crippen molar-refractivity contribution in [3.05, 3.63) is 34.5 Å². The normalized spacial score (nSPS) is 22.9. The minimum Gasteiger partial charge on any atom is -0.469 e. The highest BCUT2D eigenvalue weighted by atomic mass is 32.2. The molecule has 9 nitrogen and oxygen atoms in total. The number of ether oxygens (including phenoxy) is 2. The fourth-order valence-electron chi connectivity index (χ4n) is 4.77. The first-order valence-electron chi connectivity index (χ1n) is 10.1. The monoisotopic (exact) mass is 431 g/mol. The molecular weight excluding hydrogens is 406 g/mol. The molecule has 1 aromatic carbocycles. The van der Waals surface area contributed by atoms with E-state index < -0.39 is 15.9 Å². The van der Waals surface area contributed by atoms with E-state index in [2.05, 4.69) is 27.8 Å². The second kappa shape index (κ2) is 7.07. The Morgan fingerprint density at radius 1 is 1.47 bits per heavy atom. The van der Waals surface area contributed by atoms with E-state index in [1.165, 1.54) is 28.5 Å². The molecule has 2 aromatic rings. The van der Waals surface area contributed by atoms with Crippen LogP contribution >= 0.6 is 0 Å². The number of amides is 2. The lowest BCUT2D eigenvalue weighted by Crippen LogP contribution is -2.23. The standard InChI is InChI=1S/C20H25N5O4S/c1-11-6-13-7-12-4-3-5-15(12)18(17(11)13)23-20(26)24-30(21,27)16-8-22-25-9-14(10-28-2)29-19(16)25/h7-8,11,14H,3-6,9-10H2,1-2H3,(H3,21,23,24,26,27)/t11-,14+,30?/m0/s1. The second-order valence-corrected chi connectivity index (χ2v) is 9.96. The van der Waals surface area contributed by atoms with Crippen molar-refractivity contribution in [1.29, 1.82) is 0 Å². The molecular formula is C20H25N5O4S. The molecule has 30 heavy (non-hydrogen) atoms. The molecule has 2 heterocycles. The Kier molecular flexibility index (Phi) is 4.60. The van der Waals surface area contributed by atoms with Gasteiger partial charge in [0, 0.05) is 12.8 Å². The number of nitrogens with two attached hydrogens (primary N) is 1. The molecule has 3 atom stereocenters. The van der Waals surface area contributed by atoms with E-state index >= 15 is 0 Å². The molecule has 2 aliphatic carbocycles. The Balaban J connectivity index is 1.44. The van der Waals surface area contributed by atoms with Gasteiger partial charge in [0.05, 0.1) is 19.3 Å². The molecule has 1 unspecified atom stereocenters. The van der Waals surface area contributed by atoms with Crippen molar-refractivity contribution in [2.75, 3.05) is 19.0 Å². The summed E-state index contributed by atoms with van der Waals surface area (Å²) in [5.41, 5.74) is 5.74. The molecule has 2 amide bonds. The van der Waals surface area contributed by atoms with Gasteiger partial charge in [0.2, 0.25) is 5.88 Å². The maximum atomic E-state index is 13.1. The summed E-state index contributed by atoms with van der Waals surface area (Å²) in [6.07, 6.45) is 5.14. The molecule has 0 saturated heterocycles. The highest BCUT2D eigenvalue weighted by Gasteiger charge is 2.33. The van der Waals surface area contributed by atoms with Gasteiger partial charge in [-0.05, 0) is 53.9 Å². The molecule has 10 heteroatoms. The first-order chi connectivity index (χ1) is 14.4. The number of fused-ring (bicyclic) bond motifs is 3. The Hall–Kier alpha value is -2.43. The van der Waals surface area contributed by atoms with Crippen molar-refractivity contribution in [1.82, 2.24) is 9.78 Å². The Labute approximate surface area is 175 Å². The van der Waals surface area contributed by atoms with E-state index in [0.29, 0.717) is 19.1 Å². The quantitative estimate of drug-likeness (QED) is 0.770. The number of carbonyl (C=O) groups excluding carboxylic acids is 1. The van der Waals surface area contributed by atoms with Crippen LogP contribution in [0.1, 0.15) is 41.5 Å². The molecule has 0 fully saturated rings. The molecule has 0 radical (unpaired) electrons. The van der Waals surface area contributed by atoms with Gasteiger partial charge in [-0.3, -0.25) is 0 Å². The zero-order chi connectivity index (χ0) is 21.0. The number of urea groups is 1. The minimum absolute atomic E-state index is 0.121. The van der Waals surface area contributed by atoms with Crippen molar-refractivity contribution in [2.24, 2.45) is 9.50 Å². The molecule has 1 aromatic heterocycles. The van der Waals surface area contributed by atoms with Gasteiger partial charge in [0.15, 0.2) is 9.92 Å². The molecule has 5 rings (SSSR count). The average molecular weight is 432 g/mol. The third-order valence-electron chi connectivity index (χ3n) is 6.08. The fraction of sp³-hybridized carbons (Fsp3) is 0.500. The number of rotatable bonds is 4. The van der Waals surface area contributed by atoms with Crippen molar-refractivity contribution >= 4 is 21.6 Å². The van der Waals surface area contributed by atoms with Crippen LogP contribution < -0.4 is 15.2 Å². The van der Waals surface area contributed by atoms with Crippen LogP contribution in [0.3, 0.4) is 0 Å². The lowest BCUT2D eigenvalue weighted by molar-refractivity contribution is 0.0920. The Morgan fingerprint density at radius 2 is 2.30 bits per heavy atom. The number of nitrogens with zero attached hydrogens (tertiary/aromatic N) is 3. The van der Waals surface area contributed by atoms with E-state index in [-0.39, 0.29) is 16.9 Å². The van der Waals surface area contributed by atoms with Crippen LogP contribution in [0.15, 0.2) is 21.5 Å². The van der Waals surface area contributed by atoms with Crippen molar-refractivity contribution < 1.29 is 18.5 Å². The summed E-state index contributed by atoms with van der Waals surface area (Å²) in [5.74, 6) is 0.660. The molecule has 1 aliphatic heterocycles. The average Bonchev–Trinajstić information content (AvgIpc) is 3.35. The summed E-state index contributed by atoms with van der Waals surface area (Å²) in [6.45, 7) is 2.98. The summed E-state index contributed by atoms with van der Waals surface area (Å²) >= 11 is 0. The zero-order valence-corrected chi connectivity index (χ0v) is 17.8. The van der Waals surface area contributed by atoms with Crippen LogP contribution in [0.2, 0.25) is 0 Å². The number of hydrogen-bond donors (Lipinski definition) is 2. The van der Waals surface area contributed by atoms with Gasteiger partial charge >= 0.3 is 6.03 Å². The summed E-state index contributed by atoms with van der Waals surface area (Å²) < 4.78 is 29.4. The van der Waals surface area contributed by atoms with Crippen molar-refractivity contribution in [3.8, 4) is 5.88 Å². The SMILES string of the molecule is COC[C@H]1Cn2ncc(S(N)(=O)=NC(=O)Nc3c4c(cc5c3[C@@H](C)C5)CCC4)c2O1. The van der Waals surface area contributed by atoms with Gasteiger partial charge in [0.1, 0.15) is 11.0 Å². The molecule has 160 valence electrons. The van der Waals surface area contributed by atoms with Crippen LogP contribution in [0.5, 0.6) is 5.88 Å². The number of nitrogens with one attached hydrogen (secondary N) is 1. The van der Waals surface area contributed by atoms with Crippen molar-refractivity contribution in [2.45, 2.75) is 56.1 Å². The predicted octanol–water partition coefficient (Wildman–Crippen LogP) is 2.37. The van der Waals surface area contributed by atoms with Crippen molar-refractivity contribution in [3.63, 3.8) is 0 Å². The number of hydrogen-bond acceptors (Lipinski definition) is 5. The second-order valence-electron chi connectivity index (χ2n) is 8.20. The third kappa shape index (κ3) is 3.10. The highest BCUT2D eigenvalue weighted by molar-refractivity contribution is 7.91. The summed E-state index contributed by atoms with van der Waals surface area (Å²) in [4.78, 5) is 12.9. The topological polar surface area (TPSA) is 121 Å². The van der Waals surface area contributed by atoms with Gasteiger partial charge in [-0.25, -0.2) is 18.8 Å². The van der Waals surface area contributed by atoms with Crippen LogP contribution in [0, 0.1) is 0 Å². The van der Waals surface area contributed by atoms with E-state index in [9.17, 15) is 9.00 Å². The number of anilines is 1. The maximum absolute atomic E-state index is 13.1. The third-order valence-corrected chi connectivity index (χ3v) is 7.42. The Morgan fingerprint density at radius 3 is 3.07 bits per heavy atom. The minimum atomic E-state index is -3.52. The van der Waals surface area contributed by atoms with Gasteiger partial charge in [-0.1, -0.05) is 13.0 Å². The van der Waals surface area contributed by atoms with Crippen LogP contribution in [0.4, 0.5) is 10.5 Å². The van der Waals surface area contributed by atoms with Crippen LogP contribution in [0.25, 0.3) is 0 Å². The number of methoxy groups -OCH3 is 1. The number of aromatic nitrogens is 2. The molecule has 0 saturated carbocycles.